The summed E-state index contributed by atoms with van der Waals surface area (Å²) in [6.07, 6.45) is -0.0364. The Bertz CT molecular complexity index is 1000. The summed E-state index contributed by atoms with van der Waals surface area (Å²) >= 11 is 0. The third-order valence-electron chi connectivity index (χ3n) is 5.58. The van der Waals surface area contributed by atoms with E-state index in [2.05, 4.69) is 10.3 Å². The summed E-state index contributed by atoms with van der Waals surface area (Å²) < 4.78 is 20.7. The van der Waals surface area contributed by atoms with Gasteiger partial charge in [0.2, 0.25) is 5.75 Å². The van der Waals surface area contributed by atoms with Crippen molar-refractivity contribution in [1.82, 2.24) is 15.2 Å². The molecule has 0 radical (unpaired) electrons. The minimum Gasteiger partial charge on any atom is -0.474 e. The van der Waals surface area contributed by atoms with Crippen molar-refractivity contribution < 1.29 is 38.3 Å². The molecule has 2 fully saturated rings. The van der Waals surface area contributed by atoms with E-state index >= 15 is 0 Å². The first-order valence-electron chi connectivity index (χ1n) is 12.1. The van der Waals surface area contributed by atoms with Crippen LogP contribution in [-0.4, -0.2) is 90.1 Å². The van der Waals surface area contributed by atoms with E-state index in [1.165, 1.54) is 17.0 Å². The highest BCUT2D eigenvalue weighted by Crippen LogP contribution is 2.30. The summed E-state index contributed by atoms with van der Waals surface area (Å²) in [5.74, 6) is -1.48. The van der Waals surface area contributed by atoms with E-state index in [4.69, 9.17) is 18.9 Å². The number of hydrogen-bond acceptors (Lipinski definition) is 11. The molecular formula is C23H33N5O9. The van der Waals surface area contributed by atoms with Gasteiger partial charge in [0.1, 0.15) is 11.7 Å². The largest absolute Gasteiger partial charge is 0.474 e. The fourth-order valence-electron chi connectivity index (χ4n) is 3.86. The second kappa shape index (κ2) is 12.0. The molecule has 1 atom stereocenters. The molecule has 0 aliphatic carbocycles. The van der Waals surface area contributed by atoms with Gasteiger partial charge in [0, 0.05) is 31.7 Å². The topological polar surface area (TPSA) is 163 Å². The van der Waals surface area contributed by atoms with E-state index in [0.717, 1.165) is 12.8 Å². The van der Waals surface area contributed by atoms with Gasteiger partial charge in [0.15, 0.2) is 6.61 Å². The molecule has 1 aromatic heterocycles. The lowest BCUT2D eigenvalue weighted by Gasteiger charge is -2.34. The molecular weight excluding hydrogens is 490 g/mol. The number of nitrogens with zero attached hydrogens (tertiary/aromatic N) is 4. The molecule has 14 nitrogen and oxygen atoms in total. The van der Waals surface area contributed by atoms with Gasteiger partial charge in [0.05, 0.1) is 13.2 Å². The first kappa shape index (κ1) is 27.9. The molecule has 37 heavy (non-hydrogen) atoms. The van der Waals surface area contributed by atoms with Gasteiger partial charge in [-0.25, -0.2) is 19.3 Å². The molecule has 2 saturated heterocycles. The van der Waals surface area contributed by atoms with E-state index in [1.54, 1.807) is 11.8 Å². The lowest BCUT2D eigenvalue weighted by Crippen LogP contribution is -2.48. The Morgan fingerprint density at radius 1 is 1.27 bits per heavy atom. The number of ether oxygens (including phenoxy) is 4. The number of esters is 1. The fourth-order valence-corrected chi connectivity index (χ4v) is 3.86. The van der Waals surface area contributed by atoms with Gasteiger partial charge in [-0.05, 0) is 56.5 Å². The number of likely N-dealkylation sites (tertiary alicyclic amines) is 1. The normalized spacial score (nSPS) is 18.4. The van der Waals surface area contributed by atoms with E-state index in [9.17, 15) is 24.5 Å². The van der Waals surface area contributed by atoms with Crippen molar-refractivity contribution in [3.8, 4) is 5.75 Å². The van der Waals surface area contributed by atoms with Gasteiger partial charge in [-0.3, -0.25) is 0 Å². The van der Waals surface area contributed by atoms with Crippen LogP contribution in [0.2, 0.25) is 0 Å². The number of nitrogens with one attached hydrogen (secondary N) is 1. The predicted molar refractivity (Wildman–Crippen MR) is 129 cm³/mol. The van der Waals surface area contributed by atoms with Crippen LogP contribution < -0.4 is 15.0 Å². The quantitative estimate of drug-likeness (QED) is 0.218. The molecule has 1 unspecified atom stereocenters. The van der Waals surface area contributed by atoms with Crippen LogP contribution in [0.3, 0.4) is 0 Å². The summed E-state index contributed by atoms with van der Waals surface area (Å²) in [6, 6.07) is 2.80. The molecule has 2 amide bonds. The minimum atomic E-state index is -0.756. The number of aromatic nitrogens is 1. The van der Waals surface area contributed by atoms with E-state index in [-0.39, 0.29) is 36.9 Å². The Morgan fingerprint density at radius 3 is 2.59 bits per heavy atom. The molecule has 1 aromatic rings. The first-order valence-corrected chi connectivity index (χ1v) is 12.1. The van der Waals surface area contributed by atoms with Crippen LogP contribution in [0.15, 0.2) is 12.1 Å². The summed E-state index contributed by atoms with van der Waals surface area (Å²) in [7, 11) is 0. The SMILES string of the molecule is CCOC(=O)COc1ccc(N2CC(CNC3CCN(C(=O)OC(C)(C)C)CC3)OC2=O)nc1[N+](=O)[O-]. The number of nitro groups is 1. The zero-order valence-corrected chi connectivity index (χ0v) is 21.4. The smallest absolute Gasteiger partial charge is 0.417 e. The van der Waals surface area contributed by atoms with Gasteiger partial charge >= 0.3 is 24.0 Å². The molecule has 0 spiro atoms. The van der Waals surface area contributed by atoms with Gasteiger partial charge in [0.25, 0.3) is 5.82 Å². The van der Waals surface area contributed by atoms with Crippen LogP contribution >= 0.6 is 0 Å². The first-order chi connectivity index (χ1) is 17.5. The Labute approximate surface area is 214 Å². The second-order valence-corrected chi connectivity index (χ2v) is 9.61. The maximum Gasteiger partial charge on any atom is 0.417 e. The van der Waals surface area contributed by atoms with E-state index in [1.807, 2.05) is 20.8 Å². The standard InChI is InChI=1S/C23H33N5O9/c1-5-34-19(29)14-35-17-6-7-18(25-20(17)28(32)33)27-13-16(36-22(27)31)12-24-15-8-10-26(11-9-15)21(30)37-23(2,3)4/h6-7,15-16,24H,5,8-14H2,1-4H3. The molecule has 2 aliphatic heterocycles. The Hall–Kier alpha value is -3.68. The van der Waals surface area contributed by atoms with E-state index < -0.39 is 41.1 Å². The van der Waals surface area contributed by atoms with Gasteiger partial charge < -0.3 is 39.3 Å². The van der Waals surface area contributed by atoms with Crippen molar-refractivity contribution >= 4 is 29.8 Å². The van der Waals surface area contributed by atoms with Crippen molar-refractivity contribution in [2.24, 2.45) is 0 Å². The fraction of sp³-hybridized carbons (Fsp3) is 0.652. The molecule has 3 heterocycles. The second-order valence-electron chi connectivity index (χ2n) is 9.61. The molecule has 1 N–H and O–H groups in total. The summed E-state index contributed by atoms with van der Waals surface area (Å²) in [6.45, 7) is 8.39. The predicted octanol–water partition coefficient (Wildman–Crippen LogP) is 2.25. The zero-order chi connectivity index (χ0) is 27.2. The van der Waals surface area contributed by atoms with Gasteiger partial charge in [-0.2, -0.15) is 0 Å². The number of hydrogen-bond donors (Lipinski definition) is 1. The highest BCUT2D eigenvalue weighted by Gasteiger charge is 2.37. The summed E-state index contributed by atoms with van der Waals surface area (Å²) in [5.41, 5.74) is -0.546. The van der Waals surface area contributed by atoms with Crippen LogP contribution in [0, 0.1) is 10.1 Å². The highest BCUT2D eigenvalue weighted by atomic mass is 16.6. The Kier molecular flexibility index (Phi) is 9.08. The number of pyridine rings is 1. The molecule has 0 saturated carbocycles. The summed E-state index contributed by atoms with van der Waals surface area (Å²) in [5, 5.41) is 14.9. The molecule has 0 aromatic carbocycles. The van der Waals surface area contributed by atoms with Crippen molar-refractivity contribution in [3.63, 3.8) is 0 Å². The van der Waals surface area contributed by atoms with Crippen LogP contribution in [0.1, 0.15) is 40.5 Å². The highest BCUT2D eigenvalue weighted by molar-refractivity contribution is 5.88. The number of piperidine rings is 1. The third-order valence-corrected chi connectivity index (χ3v) is 5.58. The number of carbonyl (C=O) groups is 3. The molecule has 0 bridgehead atoms. The number of carbonyl (C=O) groups excluding carboxylic acids is 3. The zero-order valence-electron chi connectivity index (χ0n) is 21.4. The van der Waals surface area contributed by atoms with Crippen LogP contribution in [0.25, 0.3) is 0 Å². The van der Waals surface area contributed by atoms with Crippen LogP contribution in [0.4, 0.5) is 21.2 Å². The third kappa shape index (κ3) is 7.90. The number of anilines is 1. The lowest BCUT2D eigenvalue weighted by atomic mass is 10.1. The van der Waals surface area contributed by atoms with Gasteiger partial charge in [-0.15, -0.1) is 0 Å². The van der Waals surface area contributed by atoms with Crippen molar-refractivity contribution in [1.29, 1.82) is 0 Å². The maximum absolute atomic E-state index is 12.4. The lowest BCUT2D eigenvalue weighted by molar-refractivity contribution is -0.390. The summed E-state index contributed by atoms with van der Waals surface area (Å²) in [4.78, 5) is 53.7. The number of amides is 2. The average Bonchev–Trinajstić information content (AvgIpc) is 3.21. The maximum atomic E-state index is 12.4. The minimum absolute atomic E-state index is 0.0355. The number of cyclic esters (lactones) is 1. The van der Waals surface area contributed by atoms with Crippen LogP contribution in [-0.2, 0) is 19.0 Å². The van der Waals surface area contributed by atoms with Crippen molar-refractivity contribution in [2.45, 2.75) is 58.3 Å². The van der Waals surface area contributed by atoms with Crippen molar-refractivity contribution in [2.75, 3.05) is 44.3 Å². The molecule has 204 valence electrons. The van der Waals surface area contributed by atoms with Crippen molar-refractivity contribution in [3.05, 3.63) is 22.2 Å². The van der Waals surface area contributed by atoms with Crippen LogP contribution in [0.5, 0.6) is 5.75 Å². The average molecular weight is 524 g/mol. The molecule has 2 aliphatic rings. The monoisotopic (exact) mass is 523 g/mol. The Morgan fingerprint density at radius 2 is 1.97 bits per heavy atom. The number of rotatable bonds is 9. The molecule has 14 heteroatoms. The van der Waals surface area contributed by atoms with Gasteiger partial charge in [-0.1, -0.05) is 0 Å². The van der Waals surface area contributed by atoms with E-state index in [0.29, 0.717) is 19.6 Å². The molecule has 3 rings (SSSR count). The Balaban J connectivity index is 1.52.